The van der Waals surface area contributed by atoms with Crippen LogP contribution in [0.15, 0.2) is 12.3 Å². The summed E-state index contributed by atoms with van der Waals surface area (Å²) >= 11 is 0. The van der Waals surface area contributed by atoms with Crippen molar-refractivity contribution in [2.24, 2.45) is 7.05 Å². The number of carbonyl (C=O) groups excluding carboxylic acids is 1. The lowest BCUT2D eigenvalue weighted by atomic mass is 10.4. The fourth-order valence-electron chi connectivity index (χ4n) is 0.654. The van der Waals surface area contributed by atoms with Gasteiger partial charge in [0, 0.05) is 13.2 Å². The molecule has 1 rings (SSSR count). The van der Waals surface area contributed by atoms with E-state index in [4.69, 9.17) is 5.21 Å². The van der Waals surface area contributed by atoms with Crippen molar-refractivity contribution in [2.75, 3.05) is 0 Å². The normalized spacial score (nSPS) is 9.40. The molecule has 10 heavy (non-hydrogen) atoms. The van der Waals surface area contributed by atoms with E-state index in [1.807, 2.05) is 0 Å². The van der Waals surface area contributed by atoms with Crippen LogP contribution in [0.2, 0.25) is 0 Å². The molecule has 0 radical (unpaired) electrons. The standard InChI is InChI=1S/C5H7N3O2/c1-8-4(2-3-6-8)5(9)7-10/h2-3,10H,1H3,(H,7,9). The average molecular weight is 141 g/mol. The number of hydrogen-bond donors (Lipinski definition) is 2. The van der Waals surface area contributed by atoms with E-state index in [1.54, 1.807) is 7.05 Å². The Morgan fingerprint density at radius 2 is 2.60 bits per heavy atom. The zero-order chi connectivity index (χ0) is 7.56. The SMILES string of the molecule is Cn1nccc1C(=O)NO. The van der Waals surface area contributed by atoms with Crippen molar-refractivity contribution in [2.45, 2.75) is 0 Å². The van der Waals surface area contributed by atoms with Gasteiger partial charge in [0.25, 0.3) is 5.91 Å². The second-order valence-corrected chi connectivity index (χ2v) is 1.78. The van der Waals surface area contributed by atoms with Gasteiger partial charge < -0.3 is 0 Å². The topological polar surface area (TPSA) is 67.2 Å². The second kappa shape index (κ2) is 2.49. The van der Waals surface area contributed by atoms with Gasteiger partial charge in [0.05, 0.1) is 0 Å². The molecule has 2 N–H and O–H groups in total. The monoisotopic (exact) mass is 141 g/mol. The molecule has 1 aromatic heterocycles. The molecule has 0 bridgehead atoms. The molecule has 1 heterocycles. The van der Waals surface area contributed by atoms with Crippen LogP contribution in [0.5, 0.6) is 0 Å². The molecule has 1 aromatic rings. The number of nitrogens with one attached hydrogen (secondary N) is 1. The summed E-state index contributed by atoms with van der Waals surface area (Å²) in [5.41, 5.74) is 1.83. The van der Waals surface area contributed by atoms with Gasteiger partial charge in [-0.05, 0) is 6.07 Å². The Morgan fingerprint density at radius 3 is 3.00 bits per heavy atom. The molecule has 0 aliphatic carbocycles. The number of nitrogens with zero attached hydrogens (tertiary/aromatic N) is 2. The van der Waals surface area contributed by atoms with Gasteiger partial charge >= 0.3 is 0 Å². The molecule has 1 amide bonds. The van der Waals surface area contributed by atoms with E-state index < -0.39 is 5.91 Å². The third kappa shape index (κ3) is 0.985. The minimum absolute atomic E-state index is 0.322. The van der Waals surface area contributed by atoms with Crippen molar-refractivity contribution in [1.29, 1.82) is 0 Å². The van der Waals surface area contributed by atoms with E-state index in [9.17, 15) is 4.79 Å². The summed E-state index contributed by atoms with van der Waals surface area (Å²) in [6, 6.07) is 1.51. The molecule has 0 aliphatic rings. The average Bonchev–Trinajstić information content (AvgIpc) is 2.34. The Kier molecular flexibility index (Phi) is 1.68. The highest BCUT2D eigenvalue weighted by Gasteiger charge is 2.06. The molecule has 0 fully saturated rings. The van der Waals surface area contributed by atoms with Crippen LogP contribution in [0.25, 0.3) is 0 Å². The highest BCUT2D eigenvalue weighted by molar-refractivity contribution is 5.91. The summed E-state index contributed by atoms with van der Waals surface area (Å²) < 4.78 is 1.37. The molecule has 5 heteroatoms. The third-order valence-corrected chi connectivity index (χ3v) is 1.16. The van der Waals surface area contributed by atoms with Crippen LogP contribution in [0, 0.1) is 0 Å². The van der Waals surface area contributed by atoms with Gasteiger partial charge in [0.2, 0.25) is 0 Å². The Balaban J connectivity index is 2.93. The van der Waals surface area contributed by atoms with E-state index in [0.717, 1.165) is 0 Å². The zero-order valence-corrected chi connectivity index (χ0v) is 5.40. The Bertz CT molecular complexity index is 243. The van der Waals surface area contributed by atoms with Crippen molar-refractivity contribution in [3.8, 4) is 0 Å². The number of amides is 1. The van der Waals surface area contributed by atoms with Gasteiger partial charge in [-0.3, -0.25) is 14.7 Å². The second-order valence-electron chi connectivity index (χ2n) is 1.78. The van der Waals surface area contributed by atoms with Crippen LogP contribution in [-0.2, 0) is 7.05 Å². The minimum Gasteiger partial charge on any atom is -0.288 e. The summed E-state index contributed by atoms with van der Waals surface area (Å²) in [7, 11) is 1.62. The smallest absolute Gasteiger partial charge is 0.288 e. The van der Waals surface area contributed by atoms with Crippen molar-refractivity contribution >= 4 is 5.91 Å². The van der Waals surface area contributed by atoms with Crippen LogP contribution in [0.1, 0.15) is 10.5 Å². The fraction of sp³-hybridized carbons (Fsp3) is 0.200. The lowest BCUT2D eigenvalue weighted by molar-refractivity contribution is 0.0696. The largest absolute Gasteiger partial charge is 0.292 e. The van der Waals surface area contributed by atoms with Crippen LogP contribution in [0.4, 0.5) is 0 Å². The Hall–Kier alpha value is -1.36. The molecule has 0 unspecified atom stereocenters. The van der Waals surface area contributed by atoms with E-state index in [2.05, 4.69) is 5.10 Å². The first-order valence-corrected chi connectivity index (χ1v) is 2.68. The van der Waals surface area contributed by atoms with Crippen molar-refractivity contribution in [1.82, 2.24) is 15.3 Å². The summed E-state index contributed by atoms with van der Waals surface area (Å²) in [6.45, 7) is 0. The van der Waals surface area contributed by atoms with Crippen molar-refractivity contribution in [3.05, 3.63) is 18.0 Å². The van der Waals surface area contributed by atoms with Gasteiger partial charge in [-0.25, -0.2) is 5.48 Å². The molecule has 5 nitrogen and oxygen atoms in total. The van der Waals surface area contributed by atoms with Crippen molar-refractivity contribution < 1.29 is 10.0 Å². The van der Waals surface area contributed by atoms with Gasteiger partial charge in [0.15, 0.2) is 0 Å². The quantitative estimate of drug-likeness (QED) is 0.410. The number of aromatic nitrogens is 2. The molecule has 54 valence electrons. The van der Waals surface area contributed by atoms with Crippen LogP contribution < -0.4 is 5.48 Å². The lowest BCUT2D eigenvalue weighted by Gasteiger charge is -1.96. The Labute approximate surface area is 57.2 Å². The molecule has 0 aliphatic heterocycles. The summed E-state index contributed by atoms with van der Waals surface area (Å²) in [4.78, 5) is 10.7. The summed E-state index contributed by atoms with van der Waals surface area (Å²) in [5.74, 6) is -0.556. The number of carbonyl (C=O) groups is 1. The highest BCUT2D eigenvalue weighted by Crippen LogP contribution is 1.93. The maximum Gasteiger partial charge on any atom is 0.292 e. The highest BCUT2D eigenvalue weighted by atomic mass is 16.5. The van der Waals surface area contributed by atoms with Gasteiger partial charge in [-0.1, -0.05) is 0 Å². The number of hydroxylamine groups is 1. The fourth-order valence-corrected chi connectivity index (χ4v) is 0.654. The van der Waals surface area contributed by atoms with E-state index >= 15 is 0 Å². The maximum atomic E-state index is 10.7. The van der Waals surface area contributed by atoms with Crippen molar-refractivity contribution in [3.63, 3.8) is 0 Å². The summed E-state index contributed by atoms with van der Waals surface area (Å²) in [5, 5.41) is 11.9. The van der Waals surface area contributed by atoms with Gasteiger partial charge in [-0.15, -0.1) is 0 Å². The van der Waals surface area contributed by atoms with Crippen LogP contribution >= 0.6 is 0 Å². The predicted molar refractivity (Wildman–Crippen MR) is 32.5 cm³/mol. The van der Waals surface area contributed by atoms with Crippen LogP contribution in [0.3, 0.4) is 0 Å². The molecule has 0 spiro atoms. The van der Waals surface area contributed by atoms with E-state index in [0.29, 0.717) is 5.69 Å². The number of hydrogen-bond acceptors (Lipinski definition) is 3. The zero-order valence-electron chi connectivity index (χ0n) is 5.40. The molecule has 0 aromatic carbocycles. The summed E-state index contributed by atoms with van der Waals surface area (Å²) in [6.07, 6.45) is 1.48. The van der Waals surface area contributed by atoms with Gasteiger partial charge in [0.1, 0.15) is 5.69 Å². The number of aryl methyl sites for hydroxylation is 1. The van der Waals surface area contributed by atoms with E-state index in [1.165, 1.54) is 22.4 Å². The molecular weight excluding hydrogens is 134 g/mol. The van der Waals surface area contributed by atoms with E-state index in [-0.39, 0.29) is 0 Å². The number of rotatable bonds is 1. The molecule has 0 saturated carbocycles. The first kappa shape index (κ1) is 6.76. The first-order valence-electron chi connectivity index (χ1n) is 2.68. The predicted octanol–water partition coefficient (Wildman–Crippen LogP) is -0.461. The van der Waals surface area contributed by atoms with Crippen LogP contribution in [-0.4, -0.2) is 20.9 Å². The Morgan fingerprint density at radius 1 is 1.90 bits per heavy atom. The molecule has 0 saturated heterocycles. The molecule has 0 atom stereocenters. The molecular formula is C5H7N3O2. The maximum absolute atomic E-state index is 10.7. The lowest BCUT2D eigenvalue weighted by Crippen LogP contribution is -2.21. The van der Waals surface area contributed by atoms with Gasteiger partial charge in [-0.2, -0.15) is 5.10 Å². The minimum atomic E-state index is -0.556. The third-order valence-electron chi connectivity index (χ3n) is 1.16. The first-order chi connectivity index (χ1) is 4.75.